The van der Waals surface area contributed by atoms with Crippen LogP contribution in [0.2, 0.25) is 0 Å². The number of hydrogen-bond acceptors (Lipinski definition) is 3. The van der Waals surface area contributed by atoms with E-state index in [2.05, 4.69) is 90.8 Å². The van der Waals surface area contributed by atoms with Crippen LogP contribution in [-0.4, -0.2) is 24.3 Å². The van der Waals surface area contributed by atoms with E-state index >= 15 is 0 Å². The molecule has 0 bridgehead atoms. The van der Waals surface area contributed by atoms with Crippen molar-refractivity contribution < 1.29 is 4.57 Å². The molecule has 134 valence electrons. The Balaban J connectivity index is 1.45. The maximum Gasteiger partial charge on any atom is 0.211 e. The molecule has 5 rings (SSSR count). The first-order valence-electron chi connectivity index (χ1n) is 9.36. The molecule has 0 unspecified atom stereocenters. The summed E-state index contributed by atoms with van der Waals surface area (Å²) in [7, 11) is 0. The van der Waals surface area contributed by atoms with Crippen molar-refractivity contribution in [2.45, 2.75) is 32.2 Å². The van der Waals surface area contributed by atoms with Gasteiger partial charge in [-0.05, 0) is 19.3 Å². The van der Waals surface area contributed by atoms with Crippen molar-refractivity contribution in [1.82, 2.24) is 24.3 Å². The summed E-state index contributed by atoms with van der Waals surface area (Å²) in [5.74, 6) is 0.946. The maximum atomic E-state index is 4.40. The molecule has 27 heavy (non-hydrogen) atoms. The number of imidazole rings is 1. The Hall–Kier alpha value is -3.28. The van der Waals surface area contributed by atoms with Crippen LogP contribution in [0.4, 0.5) is 0 Å². The van der Waals surface area contributed by atoms with Crippen LogP contribution in [0.5, 0.6) is 0 Å². The SMILES string of the molecule is CCc1cn(-c2cc[n+](-c3cccc(-c4nncn4C4CC4)c3)cc2)cn1. The Morgan fingerprint density at radius 1 is 1.11 bits per heavy atom. The number of aromatic nitrogens is 6. The first-order valence-corrected chi connectivity index (χ1v) is 9.36. The van der Waals surface area contributed by atoms with E-state index in [-0.39, 0.29) is 0 Å². The molecule has 4 aromatic rings. The summed E-state index contributed by atoms with van der Waals surface area (Å²) < 4.78 is 6.36. The fourth-order valence-corrected chi connectivity index (χ4v) is 3.32. The van der Waals surface area contributed by atoms with Gasteiger partial charge >= 0.3 is 0 Å². The second-order valence-corrected chi connectivity index (χ2v) is 6.93. The molecule has 0 radical (unpaired) electrons. The van der Waals surface area contributed by atoms with E-state index in [0.717, 1.165) is 34.9 Å². The molecule has 0 saturated heterocycles. The van der Waals surface area contributed by atoms with Gasteiger partial charge in [0.15, 0.2) is 18.2 Å². The van der Waals surface area contributed by atoms with E-state index in [1.165, 1.54) is 12.8 Å². The van der Waals surface area contributed by atoms with E-state index in [4.69, 9.17) is 0 Å². The average Bonchev–Trinajstić information content (AvgIpc) is 3.26. The Morgan fingerprint density at radius 3 is 2.70 bits per heavy atom. The number of aryl methyl sites for hydroxylation is 1. The summed E-state index contributed by atoms with van der Waals surface area (Å²) in [5, 5.41) is 8.45. The van der Waals surface area contributed by atoms with E-state index in [1.54, 1.807) is 0 Å². The standard InChI is InChI=1S/C21H21N6/c1-2-17-13-26(14-22-17)18-8-10-25(11-9-18)20-5-3-4-16(12-20)21-24-23-15-27(21)19-6-7-19/h3-5,8-15,19H,2,6-7H2,1H3/q+1. The van der Waals surface area contributed by atoms with Gasteiger partial charge in [0.25, 0.3) is 0 Å². The third-order valence-corrected chi connectivity index (χ3v) is 5.02. The van der Waals surface area contributed by atoms with Crippen molar-refractivity contribution in [3.63, 3.8) is 0 Å². The van der Waals surface area contributed by atoms with E-state index in [0.29, 0.717) is 6.04 Å². The molecule has 6 heteroatoms. The molecule has 1 saturated carbocycles. The Bertz CT molecular complexity index is 1070. The van der Waals surface area contributed by atoms with Gasteiger partial charge in [0.2, 0.25) is 5.69 Å². The summed E-state index contributed by atoms with van der Waals surface area (Å²) in [6.07, 6.45) is 13.3. The molecule has 0 N–H and O–H groups in total. The van der Waals surface area contributed by atoms with Crippen LogP contribution in [0.3, 0.4) is 0 Å². The normalized spacial score (nSPS) is 13.8. The summed E-state index contributed by atoms with van der Waals surface area (Å²) in [5.41, 5.74) is 4.39. The van der Waals surface area contributed by atoms with Crippen molar-refractivity contribution in [1.29, 1.82) is 0 Å². The highest BCUT2D eigenvalue weighted by Crippen LogP contribution is 2.37. The molecule has 0 spiro atoms. The zero-order valence-electron chi connectivity index (χ0n) is 15.2. The van der Waals surface area contributed by atoms with Gasteiger partial charge in [0.05, 0.1) is 17.7 Å². The van der Waals surface area contributed by atoms with Gasteiger partial charge in [-0.2, -0.15) is 4.57 Å². The van der Waals surface area contributed by atoms with Crippen molar-refractivity contribution in [3.05, 3.63) is 73.3 Å². The number of benzene rings is 1. The smallest absolute Gasteiger partial charge is 0.211 e. The van der Waals surface area contributed by atoms with E-state index in [9.17, 15) is 0 Å². The fourth-order valence-electron chi connectivity index (χ4n) is 3.32. The maximum absolute atomic E-state index is 4.40. The van der Waals surface area contributed by atoms with Gasteiger partial charge in [-0.25, -0.2) is 4.98 Å². The Kier molecular flexibility index (Phi) is 3.81. The van der Waals surface area contributed by atoms with Crippen LogP contribution < -0.4 is 4.57 Å². The number of hydrogen-bond donors (Lipinski definition) is 0. The summed E-state index contributed by atoms with van der Waals surface area (Å²) in [4.78, 5) is 4.40. The molecule has 0 atom stereocenters. The minimum atomic E-state index is 0.564. The minimum absolute atomic E-state index is 0.564. The van der Waals surface area contributed by atoms with Gasteiger partial charge in [0.1, 0.15) is 6.33 Å². The highest BCUT2D eigenvalue weighted by molar-refractivity contribution is 5.58. The molecule has 6 nitrogen and oxygen atoms in total. The lowest BCUT2D eigenvalue weighted by Crippen LogP contribution is -2.29. The van der Waals surface area contributed by atoms with Crippen molar-refractivity contribution in [2.24, 2.45) is 0 Å². The molecular weight excluding hydrogens is 336 g/mol. The first-order chi connectivity index (χ1) is 13.3. The largest absolute Gasteiger partial charge is 0.310 e. The van der Waals surface area contributed by atoms with E-state index < -0.39 is 0 Å². The Labute approximate surface area is 157 Å². The van der Waals surface area contributed by atoms with Gasteiger partial charge in [-0.3, -0.25) is 0 Å². The number of rotatable bonds is 5. The first kappa shape index (κ1) is 15.9. The third-order valence-electron chi connectivity index (χ3n) is 5.02. The zero-order chi connectivity index (χ0) is 18.2. The lowest BCUT2D eigenvalue weighted by atomic mass is 10.2. The van der Waals surface area contributed by atoms with Crippen LogP contribution in [0.1, 0.15) is 31.5 Å². The predicted molar refractivity (Wildman–Crippen MR) is 102 cm³/mol. The highest BCUT2D eigenvalue weighted by atomic mass is 15.3. The monoisotopic (exact) mass is 357 g/mol. The Morgan fingerprint density at radius 2 is 1.96 bits per heavy atom. The summed E-state index contributed by atoms with van der Waals surface area (Å²) in [6.45, 7) is 2.11. The second kappa shape index (κ2) is 6.46. The highest BCUT2D eigenvalue weighted by Gasteiger charge is 2.26. The summed E-state index contributed by atoms with van der Waals surface area (Å²) >= 11 is 0. The fraction of sp³-hybridized carbons (Fsp3) is 0.238. The molecule has 1 aromatic carbocycles. The quantitative estimate of drug-likeness (QED) is 0.515. The zero-order valence-corrected chi connectivity index (χ0v) is 15.2. The van der Waals surface area contributed by atoms with Crippen LogP contribution in [0.15, 0.2) is 67.6 Å². The number of pyridine rings is 1. The van der Waals surface area contributed by atoms with Crippen LogP contribution in [0.25, 0.3) is 22.8 Å². The van der Waals surface area contributed by atoms with Gasteiger partial charge in [-0.1, -0.05) is 19.1 Å². The average molecular weight is 357 g/mol. The van der Waals surface area contributed by atoms with Crippen LogP contribution in [-0.2, 0) is 6.42 Å². The van der Waals surface area contributed by atoms with Crippen LogP contribution in [0, 0.1) is 0 Å². The second-order valence-electron chi connectivity index (χ2n) is 6.93. The molecular formula is C21H21N6+. The summed E-state index contributed by atoms with van der Waals surface area (Å²) in [6, 6.07) is 13.2. The van der Waals surface area contributed by atoms with E-state index in [1.807, 2.05) is 12.7 Å². The van der Waals surface area contributed by atoms with Crippen LogP contribution >= 0.6 is 0 Å². The minimum Gasteiger partial charge on any atom is -0.310 e. The van der Waals surface area contributed by atoms with Crippen molar-refractivity contribution in [2.75, 3.05) is 0 Å². The number of nitrogens with zero attached hydrogens (tertiary/aromatic N) is 6. The molecule has 0 amide bonds. The topological polar surface area (TPSA) is 52.4 Å². The van der Waals surface area contributed by atoms with Crippen molar-refractivity contribution >= 4 is 0 Å². The lowest BCUT2D eigenvalue weighted by Gasteiger charge is -2.05. The van der Waals surface area contributed by atoms with Gasteiger partial charge in [0, 0.05) is 42.1 Å². The van der Waals surface area contributed by atoms with Gasteiger partial charge in [-0.15, -0.1) is 10.2 Å². The molecule has 1 aliphatic rings. The third kappa shape index (κ3) is 3.03. The molecule has 1 aliphatic carbocycles. The molecule has 3 heterocycles. The van der Waals surface area contributed by atoms with Gasteiger partial charge < -0.3 is 9.13 Å². The van der Waals surface area contributed by atoms with Crippen molar-refractivity contribution in [3.8, 4) is 22.8 Å². The lowest BCUT2D eigenvalue weighted by molar-refractivity contribution is -0.595. The molecule has 1 fully saturated rings. The predicted octanol–water partition coefficient (Wildman–Crippen LogP) is 3.30. The molecule has 3 aromatic heterocycles. The molecule has 0 aliphatic heterocycles.